The summed E-state index contributed by atoms with van der Waals surface area (Å²) >= 11 is 0. The number of hydrogen-bond donors (Lipinski definition) is 0. The van der Waals surface area contributed by atoms with E-state index < -0.39 is 0 Å². The number of allylic oxidation sites excluding steroid dienone is 1. The number of rotatable bonds is 13. The summed E-state index contributed by atoms with van der Waals surface area (Å²) in [5, 5.41) is 0. The van der Waals surface area contributed by atoms with E-state index in [-0.39, 0.29) is 38.7 Å². The van der Waals surface area contributed by atoms with Crippen LogP contribution in [0.5, 0.6) is 0 Å². The minimum Gasteiger partial charge on any atom is -0.480 e. The zero-order chi connectivity index (χ0) is 18.6. The van der Waals surface area contributed by atoms with Gasteiger partial charge in [0, 0.05) is 46.2 Å². The van der Waals surface area contributed by atoms with Crippen LogP contribution in [0.2, 0.25) is 0 Å². The van der Waals surface area contributed by atoms with E-state index >= 15 is 0 Å². The average molecular weight is 427 g/mol. The Hall–Kier alpha value is 0.184. The molecule has 0 aliphatic rings. The van der Waals surface area contributed by atoms with Crippen LogP contribution in [0.15, 0.2) is 12.2 Å². The SMILES string of the molecule is [CH2-]/C=C\COC(C)=O.[CH2-]CC(C)CCCC(C)CCCCCCC.[Y]. The third-order valence-electron chi connectivity index (χ3n) is 4.24. The summed E-state index contributed by atoms with van der Waals surface area (Å²) in [7, 11) is 0. The monoisotopic (exact) mass is 427 g/mol. The zero-order valence-electron chi connectivity index (χ0n) is 17.4. The maximum Gasteiger partial charge on any atom is 0.301 e. The average Bonchev–Trinajstić information content (AvgIpc) is 2.55. The molecular weight excluding hydrogens is 385 g/mol. The van der Waals surface area contributed by atoms with Gasteiger partial charge in [0.1, 0.15) is 0 Å². The zero-order valence-corrected chi connectivity index (χ0v) is 20.2. The maximum atomic E-state index is 10.0. The number of carbonyl (C=O) groups is 1. The molecule has 25 heavy (non-hydrogen) atoms. The van der Waals surface area contributed by atoms with Crippen LogP contribution in [-0.4, -0.2) is 12.6 Å². The van der Waals surface area contributed by atoms with Crippen molar-refractivity contribution in [3.63, 3.8) is 0 Å². The fourth-order valence-corrected chi connectivity index (χ4v) is 2.43. The van der Waals surface area contributed by atoms with Gasteiger partial charge < -0.3 is 11.7 Å². The molecule has 0 aliphatic heterocycles. The van der Waals surface area contributed by atoms with E-state index in [1.54, 1.807) is 12.2 Å². The molecule has 2 unspecified atom stereocenters. The fraction of sp³-hybridized carbons (Fsp3) is 0.773. The van der Waals surface area contributed by atoms with Gasteiger partial charge in [0.2, 0.25) is 0 Å². The van der Waals surface area contributed by atoms with Gasteiger partial charge in [-0.3, -0.25) is 4.79 Å². The summed E-state index contributed by atoms with van der Waals surface area (Å²) in [6, 6.07) is 0. The number of ether oxygens (including phenoxy) is 1. The summed E-state index contributed by atoms with van der Waals surface area (Å²) in [5.41, 5.74) is 0. The van der Waals surface area contributed by atoms with Gasteiger partial charge in [-0.05, 0) is 5.92 Å². The van der Waals surface area contributed by atoms with Crippen molar-refractivity contribution in [2.24, 2.45) is 11.8 Å². The minimum atomic E-state index is -0.261. The van der Waals surface area contributed by atoms with Gasteiger partial charge in [0.05, 0.1) is 0 Å². The summed E-state index contributed by atoms with van der Waals surface area (Å²) in [6.07, 6.45) is 17.2. The fourth-order valence-electron chi connectivity index (χ4n) is 2.43. The Morgan fingerprint density at radius 1 is 1.00 bits per heavy atom. The molecule has 0 aromatic carbocycles. The molecule has 0 aromatic heterocycles. The van der Waals surface area contributed by atoms with E-state index in [0.717, 1.165) is 18.3 Å². The van der Waals surface area contributed by atoms with Crippen LogP contribution in [0.25, 0.3) is 0 Å². The van der Waals surface area contributed by atoms with Crippen LogP contribution in [0.3, 0.4) is 0 Å². The molecule has 0 rings (SSSR count). The molecule has 1 radical (unpaired) electrons. The predicted molar refractivity (Wildman–Crippen MR) is 107 cm³/mol. The summed E-state index contributed by atoms with van der Waals surface area (Å²) in [6.45, 7) is 16.1. The molecule has 2 nitrogen and oxygen atoms in total. The summed E-state index contributed by atoms with van der Waals surface area (Å²) in [4.78, 5) is 10.0. The third-order valence-corrected chi connectivity index (χ3v) is 4.24. The number of carbonyl (C=O) groups excluding carboxylic acids is 1. The Kier molecular flexibility index (Phi) is 29.0. The smallest absolute Gasteiger partial charge is 0.301 e. The van der Waals surface area contributed by atoms with Crippen molar-refractivity contribution in [2.75, 3.05) is 6.61 Å². The second-order valence-corrected chi connectivity index (χ2v) is 6.91. The van der Waals surface area contributed by atoms with Crippen molar-refractivity contribution in [1.29, 1.82) is 0 Å². The summed E-state index contributed by atoms with van der Waals surface area (Å²) < 4.78 is 4.52. The second-order valence-electron chi connectivity index (χ2n) is 6.91. The van der Waals surface area contributed by atoms with Crippen molar-refractivity contribution >= 4 is 5.97 Å². The largest absolute Gasteiger partial charge is 0.480 e. The molecule has 0 aliphatic carbocycles. The van der Waals surface area contributed by atoms with Crippen molar-refractivity contribution in [2.45, 2.75) is 91.9 Å². The van der Waals surface area contributed by atoms with Crippen LogP contribution in [0, 0.1) is 25.7 Å². The molecule has 0 spiro atoms. The van der Waals surface area contributed by atoms with Gasteiger partial charge in [-0.25, -0.2) is 13.0 Å². The first-order valence-electron chi connectivity index (χ1n) is 9.84. The van der Waals surface area contributed by atoms with Gasteiger partial charge in [0.15, 0.2) is 0 Å². The Balaban J connectivity index is -0.000000457. The molecule has 0 saturated carbocycles. The first-order chi connectivity index (χ1) is 11.5. The van der Waals surface area contributed by atoms with Gasteiger partial charge in [-0.1, -0.05) is 84.5 Å². The molecule has 2 atom stereocenters. The number of hydrogen-bond acceptors (Lipinski definition) is 2. The van der Waals surface area contributed by atoms with Gasteiger partial charge in [0.25, 0.3) is 0 Å². The molecule has 0 N–H and O–H groups in total. The molecule has 147 valence electrons. The van der Waals surface area contributed by atoms with E-state index in [1.165, 1.54) is 64.7 Å². The summed E-state index contributed by atoms with van der Waals surface area (Å²) in [5.74, 6) is 1.51. The first kappa shape index (κ1) is 29.9. The molecule has 0 amide bonds. The van der Waals surface area contributed by atoms with Gasteiger partial charge in [-0.15, -0.1) is 0 Å². The topological polar surface area (TPSA) is 26.3 Å². The van der Waals surface area contributed by atoms with Crippen LogP contribution >= 0.6 is 0 Å². The van der Waals surface area contributed by atoms with Crippen LogP contribution in [0.4, 0.5) is 0 Å². The standard InChI is InChI=1S/C16H33.C6H9O2.Y/c1-5-7-8-9-10-12-16(4)14-11-13-15(3)6-2;1-3-4-5-8-6(2)7;/h15-16H,2,5-14H2,1,3-4H3;3-4H,1,5H2,2H3;/q2*-1;/b;4-3-;. The van der Waals surface area contributed by atoms with Gasteiger partial charge in [-0.2, -0.15) is 12.5 Å². The second kappa shape index (κ2) is 24.2. The molecule has 0 aromatic rings. The maximum absolute atomic E-state index is 10.0. The Bertz CT molecular complexity index is 290. The Morgan fingerprint density at radius 3 is 2.08 bits per heavy atom. The molecule has 0 bridgehead atoms. The van der Waals surface area contributed by atoms with E-state index in [9.17, 15) is 4.79 Å². The number of esters is 1. The van der Waals surface area contributed by atoms with E-state index in [2.05, 4.69) is 39.4 Å². The van der Waals surface area contributed by atoms with E-state index in [0.29, 0.717) is 6.61 Å². The van der Waals surface area contributed by atoms with Crippen molar-refractivity contribution in [3.05, 3.63) is 26.0 Å². The van der Waals surface area contributed by atoms with Crippen molar-refractivity contribution in [1.82, 2.24) is 0 Å². The molecule has 0 saturated heterocycles. The Labute approximate surface area is 183 Å². The first-order valence-corrected chi connectivity index (χ1v) is 9.84. The number of unbranched alkanes of at least 4 members (excludes halogenated alkanes) is 4. The predicted octanol–water partition coefficient (Wildman–Crippen LogP) is 6.95. The van der Waals surface area contributed by atoms with Crippen molar-refractivity contribution in [3.8, 4) is 0 Å². The molecular formula is C22H42O2Y-2. The quantitative estimate of drug-likeness (QED) is 0.181. The van der Waals surface area contributed by atoms with E-state index in [1.807, 2.05) is 0 Å². The normalized spacial score (nSPS) is 12.7. The van der Waals surface area contributed by atoms with Gasteiger partial charge >= 0.3 is 5.97 Å². The molecule has 0 fully saturated rings. The van der Waals surface area contributed by atoms with E-state index in [4.69, 9.17) is 0 Å². The van der Waals surface area contributed by atoms with Crippen molar-refractivity contribution < 1.29 is 42.2 Å². The van der Waals surface area contributed by atoms with Crippen LogP contribution < -0.4 is 0 Å². The Morgan fingerprint density at radius 2 is 1.56 bits per heavy atom. The third kappa shape index (κ3) is 29.2. The van der Waals surface area contributed by atoms with Crippen LogP contribution in [0.1, 0.15) is 91.9 Å². The molecule has 3 heteroatoms. The molecule has 0 heterocycles. The van der Waals surface area contributed by atoms with Crippen LogP contribution in [-0.2, 0) is 42.2 Å². The minimum absolute atomic E-state index is 0.